The Hall–Kier alpha value is -2.08. The minimum Gasteiger partial charge on any atom is -0.507 e. The van der Waals surface area contributed by atoms with Crippen molar-refractivity contribution < 1.29 is 9.90 Å². The third-order valence-electron chi connectivity index (χ3n) is 2.79. The summed E-state index contributed by atoms with van der Waals surface area (Å²) in [7, 11) is 1.59. The molecule has 0 radical (unpaired) electrons. The number of anilines is 1. The number of carbonyl (C=O) groups excluding carboxylic acids is 1. The smallest absolute Gasteiger partial charge is 0.264 e. The molecule has 2 aromatic rings. The number of hydrogen-bond donors (Lipinski definition) is 2. The molecule has 6 heteroatoms. The third kappa shape index (κ3) is 2.91. The molecule has 0 aliphatic heterocycles. The minimum absolute atomic E-state index is 0.0861. The Morgan fingerprint density at radius 1 is 1.35 bits per heavy atom. The lowest BCUT2D eigenvalue weighted by atomic mass is 10.1. The number of phenols is 1. The summed E-state index contributed by atoms with van der Waals surface area (Å²) in [6.07, 6.45) is 1.51. The molecular formula is C14H13BrN2O3. The molecule has 0 atom stereocenters. The molecule has 0 spiro atoms. The van der Waals surface area contributed by atoms with Gasteiger partial charge in [-0.25, -0.2) is 0 Å². The van der Waals surface area contributed by atoms with Gasteiger partial charge in [-0.3, -0.25) is 9.59 Å². The summed E-state index contributed by atoms with van der Waals surface area (Å²) in [4.78, 5) is 23.7. The number of aryl methyl sites for hydroxylation is 2. The summed E-state index contributed by atoms with van der Waals surface area (Å²) in [6.45, 7) is 1.83. The van der Waals surface area contributed by atoms with Crippen molar-refractivity contribution in [3.63, 3.8) is 0 Å². The van der Waals surface area contributed by atoms with Crippen molar-refractivity contribution in [3.8, 4) is 5.75 Å². The molecule has 5 nitrogen and oxygen atoms in total. The maximum atomic E-state index is 12.1. The maximum Gasteiger partial charge on any atom is 0.264 e. The Bertz CT molecular complexity index is 711. The first-order valence-electron chi connectivity index (χ1n) is 5.85. The zero-order chi connectivity index (χ0) is 14.9. The van der Waals surface area contributed by atoms with Gasteiger partial charge in [0.15, 0.2) is 0 Å². The Labute approximate surface area is 124 Å². The lowest BCUT2D eigenvalue weighted by molar-refractivity contribution is 0.102. The van der Waals surface area contributed by atoms with Crippen LogP contribution in [0.15, 0.2) is 39.7 Å². The second-order valence-electron chi connectivity index (χ2n) is 4.47. The zero-order valence-electron chi connectivity index (χ0n) is 11.0. The SMILES string of the molecule is Cc1ccc(O)c(C(=O)Nc2cc(Br)c(=O)n(C)c2)c1. The molecule has 1 aromatic heterocycles. The van der Waals surface area contributed by atoms with Gasteiger partial charge in [0, 0.05) is 13.2 Å². The Kier molecular flexibility index (Phi) is 3.94. The van der Waals surface area contributed by atoms with Crippen LogP contribution in [-0.2, 0) is 7.05 Å². The third-order valence-corrected chi connectivity index (χ3v) is 3.36. The predicted octanol–water partition coefficient (Wildman–Crippen LogP) is 2.41. The normalized spacial score (nSPS) is 10.3. The standard InChI is InChI=1S/C14H13BrN2O3/c1-8-3-4-12(18)10(5-8)13(19)16-9-6-11(15)14(20)17(2)7-9/h3-7,18H,1-2H3,(H,16,19). The highest BCUT2D eigenvalue weighted by molar-refractivity contribution is 9.10. The Balaban J connectivity index is 2.32. The van der Waals surface area contributed by atoms with Crippen molar-refractivity contribution in [1.29, 1.82) is 0 Å². The molecule has 0 bridgehead atoms. The Morgan fingerprint density at radius 2 is 2.05 bits per heavy atom. The molecule has 1 amide bonds. The van der Waals surface area contributed by atoms with Gasteiger partial charge in [0.05, 0.1) is 15.7 Å². The van der Waals surface area contributed by atoms with Gasteiger partial charge >= 0.3 is 0 Å². The van der Waals surface area contributed by atoms with E-state index in [9.17, 15) is 14.7 Å². The summed E-state index contributed by atoms with van der Waals surface area (Å²) in [5, 5.41) is 12.4. The van der Waals surface area contributed by atoms with Gasteiger partial charge < -0.3 is 15.0 Å². The van der Waals surface area contributed by atoms with Crippen molar-refractivity contribution >= 4 is 27.5 Å². The van der Waals surface area contributed by atoms with Crippen molar-refractivity contribution in [2.24, 2.45) is 7.05 Å². The van der Waals surface area contributed by atoms with Crippen LogP contribution in [0.1, 0.15) is 15.9 Å². The van der Waals surface area contributed by atoms with E-state index in [4.69, 9.17) is 0 Å². The first-order chi connectivity index (χ1) is 9.38. The second-order valence-corrected chi connectivity index (χ2v) is 5.32. The summed E-state index contributed by atoms with van der Waals surface area (Å²) >= 11 is 3.14. The number of rotatable bonds is 2. The fourth-order valence-electron chi connectivity index (χ4n) is 1.77. The molecule has 0 unspecified atom stereocenters. The van der Waals surface area contributed by atoms with Crippen LogP contribution in [0.2, 0.25) is 0 Å². The van der Waals surface area contributed by atoms with E-state index in [0.29, 0.717) is 10.2 Å². The quantitative estimate of drug-likeness (QED) is 0.884. The van der Waals surface area contributed by atoms with Crippen LogP contribution in [0.4, 0.5) is 5.69 Å². The average molecular weight is 337 g/mol. The van der Waals surface area contributed by atoms with Crippen LogP contribution >= 0.6 is 15.9 Å². The largest absolute Gasteiger partial charge is 0.507 e. The Morgan fingerprint density at radius 3 is 2.70 bits per heavy atom. The number of hydrogen-bond acceptors (Lipinski definition) is 3. The first-order valence-corrected chi connectivity index (χ1v) is 6.65. The monoisotopic (exact) mass is 336 g/mol. The van der Waals surface area contributed by atoms with E-state index < -0.39 is 5.91 Å². The van der Waals surface area contributed by atoms with Crippen molar-refractivity contribution in [1.82, 2.24) is 4.57 Å². The first kappa shape index (κ1) is 14.3. The lowest BCUT2D eigenvalue weighted by Crippen LogP contribution is -2.19. The number of nitrogens with zero attached hydrogens (tertiary/aromatic N) is 1. The molecule has 2 N–H and O–H groups in total. The van der Waals surface area contributed by atoms with E-state index in [1.165, 1.54) is 22.9 Å². The van der Waals surface area contributed by atoms with Crippen molar-refractivity contribution in [2.75, 3.05) is 5.32 Å². The van der Waals surface area contributed by atoms with Crippen LogP contribution in [0.5, 0.6) is 5.75 Å². The molecule has 0 fully saturated rings. The highest BCUT2D eigenvalue weighted by atomic mass is 79.9. The molecular weight excluding hydrogens is 324 g/mol. The summed E-state index contributed by atoms with van der Waals surface area (Å²) in [5.74, 6) is -0.520. The van der Waals surface area contributed by atoms with Crippen molar-refractivity contribution in [3.05, 3.63) is 56.4 Å². The molecule has 2 rings (SSSR count). The molecule has 0 saturated carbocycles. The van der Waals surface area contributed by atoms with Crippen LogP contribution in [0, 0.1) is 6.92 Å². The fourth-order valence-corrected chi connectivity index (χ4v) is 2.30. The van der Waals surface area contributed by atoms with Gasteiger partial charge in [0.2, 0.25) is 0 Å². The molecule has 1 heterocycles. The highest BCUT2D eigenvalue weighted by Gasteiger charge is 2.12. The molecule has 0 saturated heterocycles. The van der Waals surface area contributed by atoms with Crippen LogP contribution < -0.4 is 10.9 Å². The van der Waals surface area contributed by atoms with E-state index in [2.05, 4.69) is 21.2 Å². The summed E-state index contributed by atoms with van der Waals surface area (Å²) in [5.41, 5.74) is 1.33. The zero-order valence-corrected chi connectivity index (χ0v) is 12.6. The number of aromatic hydroxyl groups is 1. The van der Waals surface area contributed by atoms with E-state index in [1.807, 2.05) is 6.92 Å². The number of nitrogens with one attached hydrogen (secondary N) is 1. The average Bonchev–Trinajstić information content (AvgIpc) is 2.38. The van der Waals surface area contributed by atoms with Gasteiger partial charge in [0.1, 0.15) is 5.75 Å². The fraction of sp³-hybridized carbons (Fsp3) is 0.143. The maximum absolute atomic E-state index is 12.1. The van der Waals surface area contributed by atoms with E-state index in [0.717, 1.165) is 5.56 Å². The summed E-state index contributed by atoms with van der Waals surface area (Å²) in [6, 6.07) is 6.31. The molecule has 0 aliphatic carbocycles. The van der Waals surface area contributed by atoms with Gasteiger partial charge in [-0.15, -0.1) is 0 Å². The number of carbonyl (C=O) groups is 1. The van der Waals surface area contributed by atoms with E-state index in [-0.39, 0.29) is 16.9 Å². The summed E-state index contributed by atoms with van der Waals surface area (Å²) < 4.78 is 1.71. The number of amides is 1. The molecule has 1 aromatic carbocycles. The van der Waals surface area contributed by atoms with E-state index in [1.54, 1.807) is 19.2 Å². The number of benzene rings is 1. The van der Waals surface area contributed by atoms with Gasteiger partial charge in [-0.2, -0.15) is 0 Å². The number of phenolic OH excluding ortho intramolecular Hbond substituents is 1. The minimum atomic E-state index is -0.434. The number of aromatic nitrogens is 1. The van der Waals surface area contributed by atoms with Crippen molar-refractivity contribution in [2.45, 2.75) is 6.92 Å². The topological polar surface area (TPSA) is 71.3 Å². The number of halogens is 1. The van der Waals surface area contributed by atoms with Crippen LogP contribution in [-0.4, -0.2) is 15.6 Å². The molecule has 20 heavy (non-hydrogen) atoms. The van der Waals surface area contributed by atoms with Crippen LogP contribution in [0.3, 0.4) is 0 Å². The molecule has 0 aliphatic rings. The number of pyridine rings is 1. The highest BCUT2D eigenvalue weighted by Crippen LogP contribution is 2.20. The second kappa shape index (κ2) is 5.50. The lowest BCUT2D eigenvalue weighted by Gasteiger charge is -2.09. The van der Waals surface area contributed by atoms with Gasteiger partial charge in [0.25, 0.3) is 11.5 Å². The predicted molar refractivity (Wildman–Crippen MR) is 80.2 cm³/mol. The van der Waals surface area contributed by atoms with E-state index >= 15 is 0 Å². The van der Waals surface area contributed by atoms with Gasteiger partial charge in [-0.1, -0.05) is 11.6 Å². The van der Waals surface area contributed by atoms with Gasteiger partial charge in [-0.05, 0) is 41.1 Å². The molecule has 104 valence electrons. The van der Waals surface area contributed by atoms with Crippen LogP contribution in [0.25, 0.3) is 0 Å².